The van der Waals surface area contributed by atoms with Crippen LogP contribution in [0.1, 0.15) is 34.6 Å². The second kappa shape index (κ2) is 9.43. The lowest BCUT2D eigenvalue weighted by Crippen LogP contribution is -2.41. The Bertz CT molecular complexity index is 1190. The molecule has 0 radical (unpaired) electrons. The quantitative estimate of drug-likeness (QED) is 0.250. The molecule has 0 saturated carbocycles. The van der Waals surface area contributed by atoms with Gasteiger partial charge in [-0.1, -0.05) is 91.5 Å². The van der Waals surface area contributed by atoms with Crippen molar-refractivity contribution in [1.29, 1.82) is 0 Å². The van der Waals surface area contributed by atoms with Crippen LogP contribution in [0.4, 0.5) is 0 Å². The van der Waals surface area contributed by atoms with Crippen molar-refractivity contribution >= 4 is 41.9 Å². The molecule has 0 aromatic heterocycles. The summed E-state index contributed by atoms with van der Waals surface area (Å²) in [6.45, 7) is 14.4. The minimum Gasteiger partial charge on any atom is -0.399 e. The number of benzene rings is 3. The van der Waals surface area contributed by atoms with Gasteiger partial charge in [-0.3, -0.25) is 0 Å². The Hall–Kier alpha value is -2.45. The summed E-state index contributed by atoms with van der Waals surface area (Å²) < 4.78 is 12.5. The summed E-state index contributed by atoms with van der Waals surface area (Å²) in [6.07, 6.45) is 8.31. The van der Waals surface area contributed by atoms with Crippen molar-refractivity contribution in [2.75, 3.05) is 0 Å². The smallest absolute Gasteiger partial charge is 0.399 e. The van der Waals surface area contributed by atoms with Gasteiger partial charge in [0.05, 0.1) is 11.2 Å². The third kappa shape index (κ3) is 4.77. The predicted molar refractivity (Wildman–Crippen MR) is 145 cm³/mol. The lowest BCUT2D eigenvalue weighted by molar-refractivity contribution is 0.00578. The zero-order chi connectivity index (χ0) is 23.6. The van der Waals surface area contributed by atoms with Crippen LogP contribution in [-0.2, 0) is 9.31 Å². The van der Waals surface area contributed by atoms with Crippen LogP contribution in [0.15, 0.2) is 103 Å². The Morgan fingerprint density at radius 3 is 2.12 bits per heavy atom. The first-order valence-corrected chi connectivity index (χ1v) is 12.8. The van der Waals surface area contributed by atoms with E-state index in [1.54, 1.807) is 0 Å². The van der Waals surface area contributed by atoms with Crippen molar-refractivity contribution in [2.24, 2.45) is 0 Å². The molecule has 4 rings (SSSR count). The van der Waals surface area contributed by atoms with Gasteiger partial charge in [0.25, 0.3) is 0 Å². The molecule has 1 aliphatic heterocycles. The van der Waals surface area contributed by atoms with Crippen molar-refractivity contribution in [3.63, 3.8) is 0 Å². The summed E-state index contributed by atoms with van der Waals surface area (Å²) in [5.41, 5.74) is 0.367. The monoisotopic (exact) mass is 454 g/mol. The van der Waals surface area contributed by atoms with Crippen LogP contribution in [0.25, 0.3) is 10.8 Å². The molecule has 1 saturated heterocycles. The van der Waals surface area contributed by atoms with Gasteiger partial charge in [-0.2, -0.15) is 0 Å². The summed E-state index contributed by atoms with van der Waals surface area (Å²) in [4.78, 5) is 0. The van der Waals surface area contributed by atoms with Crippen molar-refractivity contribution in [1.82, 2.24) is 0 Å². The Labute approximate surface area is 199 Å². The van der Waals surface area contributed by atoms with Gasteiger partial charge in [0.15, 0.2) is 0 Å². The molecule has 0 bridgehead atoms. The zero-order valence-corrected chi connectivity index (χ0v) is 21.1. The van der Waals surface area contributed by atoms with E-state index in [1.165, 1.54) is 26.7 Å². The first-order valence-electron chi connectivity index (χ1n) is 11.5. The SMILES string of the molecule is C=C/C=C(\C=C/C)P(c1ccccc1)c1ccc2cc(B3OC(C)(C)C(C)(C)O3)ccc2c1. The largest absolute Gasteiger partial charge is 0.494 e. The van der Waals surface area contributed by atoms with Gasteiger partial charge in [0, 0.05) is 0 Å². The van der Waals surface area contributed by atoms with Gasteiger partial charge in [-0.15, -0.1) is 0 Å². The normalized spacial score (nSPS) is 18.7. The fourth-order valence-corrected chi connectivity index (χ4v) is 6.45. The standard InChI is InChI=1S/C29H32BO2P/c1-7-12-25(13-8-2)33(26-14-10-9-11-15-26)27-19-17-22-20-24(18-16-23(22)21-27)30-31-28(3,4)29(5,6)32-30/h7-21H,1H2,2-6H3/b13-8-,25-12+. The summed E-state index contributed by atoms with van der Waals surface area (Å²) in [6, 6.07) is 24.1. The van der Waals surface area contributed by atoms with Crippen molar-refractivity contribution in [3.05, 3.63) is 103 Å². The molecule has 1 fully saturated rings. The van der Waals surface area contributed by atoms with E-state index in [-0.39, 0.29) is 18.3 Å². The van der Waals surface area contributed by atoms with Crippen LogP contribution < -0.4 is 16.1 Å². The van der Waals surface area contributed by atoms with Gasteiger partial charge < -0.3 is 9.31 Å². The van der Waals surface area contributed by atoms with E-state index in [9.17, 15) is 0 Å². The molecule has 0 amide bonds. The van der Waals surface area contributed by atoms with Gasteiger partial charge in [-0.05, 0) is 80.8 Å². The zero-order valence-electron chi connectivity index (χ0n) is 20.2. The molecular formula is C29H32BO2P. The molecule has 33 heavy (non-hydrogen) atoms. The van der Waals surface area contributed by atoms with Crippen molar-refractivity contribution in [3.8, 4) is 0 Å². The van der Waals surface area contributed by atoms with Crippen molar-refractivity contribution < 1.29 is 9.31 Å². The Kier molecular flexibility index (Phi) is 6.77. The highest BCUT2D eigenvalue weighted by molar-refractivity contribution is 7.77. The molecule has 4 heteroatoms. The minimum absolute atomic E-state index is 0.345. The van der Waals surface area contributed by atoms with E-state index in [0.717, 1.165) is 5.46 Å². The molecular weight excluding hydrogens is 422 g/mol. The maximum absolute atomic E-state index is 6.26. The summed E-state index contributed by atoms with van der Waals surface area (Å²) in [7, 11) is -1.04. The Morgan fingerprint density at radius 1 is 0.848 bits per heavy atom. The van der Waals surface area contributed by atoms with Crippen molar-refractivity contribution in [2.45, 2.75) is 45.8 Å². The Morgan fingerprint density at radius 2 is 1.48 bits per heavy atom. The van der Waals surface area contributed by atoms with E-state index in [1.807, 2.05) is 6.08 Å². The van der Waals surface area contributed by atoms with Crippen LogP contribution in [0.2, 0.25) is 0 Å². The van der Waals surface area contributed by atoms with Crippen LogP contribution in [0.5, 0.6) is 0 Å². The second-order valence-corrected chi connectivity index (χ2v) is 11.6. The molecule has 0 aliphatic carbocycles. The van der Waals surface area contributed by atoms with Crippen LogP contribution in [-0.4, -0.2) is 18.3 Å². The highest BCUT2D eigenvalue weighted by Gasteiger charge is 2.51. The average molecular weight is 454 g/mol. The highest BCUT2D eigenvalue weighted by Crippen LogP contribution is 2.44. The van der Waals surface area contributed by atoms with E-state index in [2.05, 4.69) is 126 Å². The maximum atomic E-state index is 6.26. The maximum Gasteiger partial charge on any atom is 0.494 e. The highest BCUT2D eigenvalue weighted by atomic mass is 31.1. The summed E-state index contributed by atoms with van der Waals surface area (Å²) in [5.74, 6) is 0. The van der Waals surface area contributed by atoms with Gasteiger partial charge in [-0.25, -0.2) is 0 Å². The number of hydrogen-bond acceptors (Lipinski definition) is 2. The van der Waals surface area contributed by atoms with Crippen LogP contribution >= 0.6 is 7.92 Å². The lowest BCUT2D eigenvalue weighted by Gasteiger charge is -2.32. The molecule has 0 spiro atoms. The summed E-state index contributed by atoms with van der Waals surface area (Å²) >= 11 is 0. The topological polar surface area (TPSA) is 18.5 Å². The fraction of sp³-hybridized carbons (Fsp3) is 0.241. The number of hydrogen-bond donors (Lipinski definition) is 0. The third-order valence-electron chi connectivity index (χ3n) is 6.53. The number of fused-ring (bicyclic) bond motifs is 1. The molecule has 1 atom stereocenters. The Balaban J connectivity index is 1.74. The number of allylic oxidation sites excluding steroid dienone is 5. The molecule has 1 unspecified atom stereocenters. The third-order valence-corrected chi connectivity index (χ3v) is 8.95. The average Bonchev–Trinajstić information content (AvgIpc) is 3.01. The van der Waals surface area contributed by atoms with E-state index in [0.29, 0.717) is 0 Å². The molecule has 2 nitrogen and oxygen atoms in total. The minimum atomic E-state index is -0.688. The number of rotatable bonds is 6. The molecule has 3 aromatic rings. The van der Waals surface area contributed by atoms with E-state index < -0.39 is 7.92 Å². The summed E-state index contributed by atoms with van der Waals surface area (Å²) in [5, 5.41) is 6.33. The van der Waals surface area contributed by atoms with Gasteiger partial charge in [0.1, 0.15) is 0 Å². The van der Waals surface area contributed by atoms with Crippen LogP contribution in [0.3, 0.4) is 0 Å². The predicted octanol–water partition coefficient (Wildman–Crippen LogP) is 6.22. The molecule has 168 valence electrons. The molecule has 1 heterocycles. The van der Waals surface area contributed by atoms with Gasteiger partial charge >= 0.3 is 7.12 Å². The molecule has 0 N–H and O–H groups in total. The fourth-order valence-electron chi connectivity index (χ4n) is 4.04. The molecule has 1 aliphatic rings. The van der Waals surface area contributed by atoms with E-state index >= 15 is 0 Å². The van der Waals surface area contributed by atoms with Crippen LogP contribution in [0, 0.1) is 0 Å². The van der Waals surface area contributed by atoms with E-state index in [4.69, 9.17) is 9.31 Å². The molecule has 3 aromatic carbocycles. The second-order valence-electron chi connectivity index (χ2n) is 9.38. The van der Waals surface area contributed by atoms with Gasteiger partial charge in [0.2, 0.25) is 0 Å². The lowest BCUT2D eigenvalue weighted by atomic mass is 9.78. The first kappa shape index (κ1) is 23.7. The first-order chi connectivity index (χ1) is 15.8.